The number of aromatic nitrogens is 4. The predicted octanol–water partition coefficient (Wildman–Crippen LogP) is 2.45. The van der Waals surface area contributed by atoms with Gasteiger partial charge in [0.05, 0.1) is 11.8 Å². The second kappa shape index (κ2) is 4.98. The van der Waals surface area contributed by atoms with Crippen LogP contribution in [0.3, 0.4) is 0 Å². The number of aromatic hydroxyl groups is 1. The van der Waals surface area contributed by atoms with Crippen LogP contribution >= 0.6 is 0 Å². The molecule has 0 amide bonds. The summed E-state index contributed by atoms with van der Waals surface area (Å²) in [6, 6.07) is 3.69. The monoisotopic (exact) mass is 296 g/mol. The minimum atomic E-state index is -0.215. The molecule has 6 nitrogen and oxygen atoms in total. The van der Waals surface area contributed by atoms with E-state index in [1.807, 2.05) is 12.1 Å². The highest BCUT2D eigenvalue weighted by atomic mass is 16.3. The topological polar surface area (TPSA) is 83.3 Å². The highest BCUT2D eigenvalue weighted by Crippen LogP contribution is 2.36. The molecule has 0 aromatic carbocycles. The number of nitrogens with one attached hydrogen (secondary N) is 1. The van der Waals surface area contributed by atoms with Crippen LogP contribution in [0.2, 0.25) is 0 Å². The minimum absolute atomic E-state index is 0.0362. The second-order valence-electron chi connectivity index (χ2n) is 5.73. The number of hydrogen-bond donors (Lipinski definition) is 2. The van der Waals surface area contributed by atoms with Crippen LogP contribution in [0.4, 0.5) is 0 Å². The third-order valence-electron chi connectivity index (χ3n) is 4.44. The first kappa shape index (κ1) is 13.1. The van der Waals surface area contributed by atoms with Gasteiger partial charge in [-0.1, -0.05) is 12.8 Å². The molecule has 3 aromatic heterocycles. The van der Waals surface area contributed by atoms with E-state index in [1.54, 1.807) is 18.6 Å². The van der Waals surface area contributed by atoms with E-state index in [1.165, 1.54) is 4.52 Å². The van der Waals surface area contributed by atoms with Crippen LogP contribution in [0.25, 0.3) is 16.8 Å². The van der Waals surface area contributed by atoms with Gasteiger partial charge in [0.1, 0.15) is 5.65 Å². The molecule has 0 spiro atoms. The van der Waals surface area contributed by atoms with E-state index in [0.717, 1.165) is 36.8 Å². The molecule has 1 fully saturated rings. The number of rotatable bonds is 2. The lowest BCUT2D eigenvalue weighted by Crippen LogP contribution is -2.18. The van der Waals surface area contributed by atoms with Crippen LogP contribution < -0.4 is 5.56 Å². The predicted molar refractivity (Wildman–Crippen MR) is 81.9 cm³/mol. The molecule has 22 heavy (non-hydrogen) atoms. The van der Waals surface area contributed by atoms with E-state index in [-0.39, 0.29) is 17.4 Å². The van der Waals surface area contributed by atoms with Gasteiger partial charge in [0.25, 0.3) is 5.56 Å². The molecule has 0 bridgehead atoms. The zero-order valence-corrected chi connectivity index (χ0v) is 12.0. The molecule has 1 saturated carbocycles. The van der Waals surface area contributed by atoms with Gasteiger partial charge in [0.2, 0.25) is 5.88 Å². The minimum Gasteiger partial charge on any atom is -0.493 e. The summed E-state index contributed by atoms with van der Waals surface area (Å²) >= 11 is 0. The Kier molecular flexibility index (Phi) is 2.96. The Balaban J connectivity index is 1.93. The Bertz CT molecular complexity index is 876. The van der Waals surface area contributed by atoms with Crippen molar-refractivity contribution in [1.82, 2.24) is 19.6 Å². The molecule has 0 unspecified atom stereocenters. The van der Waals surface area contributed by atoms with Gasteiger partial charge in [-0.2, -0.15) is 9.61 Å². The average Bonchev–Trinajstić information content (AvgIpc) is 3.18. The lowest BCUT2D eigenvalue weighted by Gasteiger charge is -2.11. The van der Waals surface area contributed by atoms with Crippen LogP contribution in [0.15, 0.2) is 35.5 Å². The summed E-state index contributed by atoms with van der Waals surface area (Å²) in [6.45, 7) is 0. The summed E-state index contributed by atoms with van der Waals surface area (Å²) in [6.07, 6.45) is 9.11. The summed E-state index contributed by atoms with van der Waals surface area (Å²) in [4.78, 5) is 19.3. The third-order valence-corrected chi connectivity index (χ3v) is 4.44. The van der Waals surface area contributed by atoms with E-state index in [4.69, 9.17) is 0 Å². The maximum absolute atomic E-state index is 12.5. The van der Waals surface area contributed by atoms with E-state index in [0.29, 0.717) is 11.2 Å². The number of pyridine rings is 1. The fourth-order valence-corrected chi connectivity index (χ4v) is 3.35. The molecule has 3 heterocycles. The number of nitrogens with zero attached hydrogens (tertiary/aromatic N) is 3. The molecule has 1 aliphatic rings. The molecule has 0 saturated heterocycles. The molecule has 2 N–H and O–H groups in total. The van der Waals surface area contributed by atoms with Gasteiger partial charge >= 0.3 is 0 Å². The standard InChI is InChI=1S/C16H16N4O2/c21-15-13(11-3-1-2-4-11)16(22)20-14(19-15)12(9-18-20)10-5-7-17-8-6-10/h5-9,11,22H,1-4H2,(H,19,21). The van der Waals surface area contributed by atoms with Crippen molar-refractivity contribution in [3.8, 4) is 17.0 Å². The van der Waals surface area contributed by atoms with E-state index >= 15 is 0 Å². The molecule has 0 atom stereocenters. The lowest BCUT2D eigenvalue weighted by molar-refractivity contribution is 0.419. The first-order valence-electron chi connectivity index (χ1n) is 7.49. The van der Waals surface area contributed by atoms with Crippen molar-refractivity contribution < 1.29 is 5.11 Å². The summed E-state index contributed by atoms with van der Waals surface area (Å²) in [5.41, 5.74) is 2.43. The van der Waals surface area contributed by atoms with Gasteiger partial charge in [0, 0.05) is 18.0 Å². The average molecular weight is 296 g/mol. The number of fused-ring (bicyclic) bond motifs is 1. The smallest absolute Gasteiger partial charge is 0.258 e. The second-order valence-corrected chi connectivity index (χ2v) is 5.73. The van der Waals surface area contributed by atoms with E-state index in [9.17, 15) is 9.90 Å². The quantitative estimate of drug-likeness (QED) is 0.761. The molecule has 3 aromatic rings. The van der Waals surface area contributed by atoms with Gasteiger partial charge in [-0.05, 0) is 36.5 Å². The van der Waals surface area contributed by atoms with Crippen molar-refractivity contribution in [2.24, 2.45) is 0 Å². The van der Waals surface area contributed by atoms with Crippen molar-refractivity contribution in [3.63, 3.8) is 0 Å². The Morgan fingerprint density at radius 2 is 1.95 bits per heavy atom. The van der Waals surface area contributed by atoms with Crippen LogP contribution in [0, 0.1) is 0 Å². The van der Waals surface area contributed by atoms with Gasteiger partial charge in [-0.25, -0.2) is 0 Å². The number of H-pyrrole nitrogens is 1. The fourth-order valence-electron chi connectivity index (χ4n) is 3.35. The number of aromatic amines is 1. The fraction of sp³-hybridized carbons (Fsp3) is 0.312. The summed E-state index contributed by atoms with van der Waals surface area (Å²) < 4.78 is 1.42. The van der Waals surface area contributed by atoms with E-state index < -0.39 is 0 Å². The first-order valence-corrected chi connectivity index (χ1v) is 7.49. The SMILES string of the molecule is O=c1[nH]c2c(-c3ccncc3)cnn2c(O)c1C1CCCC1. The molecule has 0 aliphatic heterocycles. The maximum Gasteiger partial charge on any atom is 0.258 e. The largest absolute Gasteiger partial charge is 0.493 e. The van der Waals surface area contributed by atoms with Gasteiger partial charge in [-0.15, -0.1) is 0 Å². The first-order chi connectivity index (χ1) is 10.8. The highest BCUT2D eigenvalue weighted by molar-refractivity contribution is 5.77. The van der Waals surface area contributed by atoms with Gasteiger partial charge in [0.15, 0.2) is 0 Å². The van der Waals surface area contributed by atoms with Crippen molar-refractivity contribution in [1.29, 1.82) is 0 Å². The summed E-state index contributed by atoms with van der Waals surface area (Å²) in [5.74, 6) is 0.0904. The van der Waals surface area contributed by atoms with Crippen molar-refractivity contribution in [3.05, 3.63) is 46.6 Å². The van der Waals surface area contributed by atoms with Crippen LogP contribution in [-0.2, 0) is 0 Å². The summed E-state index contributed by atoms with van der Waals surface area (Å²) in [7, 11) is 0. The highest BCUT2D eigenvalue weighted by Gasteiger charge is 2.26. The van der Waals surface area contributed by atoms with Gasteiger partial charge in [-0.3, -0.25) is 9.78 Å². The van der Waals surface area contributed by atoms with Crippen LogP contribution in [0.1, 0.15) is 37.2 Å². The maximum atomic E-state index is 12.5. The van der Waals surface area contributed by atoms with Crippen molar-refractivity contribution in [2.45, 2.75) is 31.6 Å². The van der Waals surface area contributed by atoms with Crippen LogP contribution in [0.5, 0.6) is 5.88 Å². The normalized spacial score (nSPS) is 15.6. The molecule has 6 heteroatoms. The van der Waals surface area contributed by atoms with Crippen molar-refractivity contribution in [2.75, 3.05) is 0 Å². The number of hydrogen-bond acceptors (Lipinski definition) is 4. The lowest BCUT2D eigenvalue weighted by atomic mass is 10.00. The Labute approximate surface area is 126 Å². The van der Waals surface area contributed by atoms with Crippen LogP contribution in [-0.4, -0.2) is 24.7 Å². The van der Waals surface area contributed by atoms with Crippen molar-refractivity contribution >= 4 is 5.65 Å². The third kappa shape index (κ3) is 1.91. The molecular formula is C16H16N4O2. The zero-order chi connectivity index (χ0) is 15.1. The summed E-state index contributed by atoms with van der Waals surface area (Å²) in [5, 5.41) is 14.8. The Hall–Kier alpha value is -2.63. The van der Waals surface area contributed by atoms with Gasteiger partial charge < -0.3 is 10.1 Å². The molecule has 112 valence electrons. The zero-order valence-electron chi connectivity index (χ0n) is 12.0. The molecule has 1 aliphatic carbocycles. The molecule has 4 rings (SSSR count). The Morgan fingerprint density at radius 3 is 2.68 bits per heavy atom. The molecule has 0 radical (unpaired) electrons. The Morgan fingerprint density at radius 1 is 1.23 bits per heavy atom. The molecular weight excluding hydrogens is 280 g/mol. The van der Waals surface area contributed by atoms with E-state index in [2.05, 4.69) is 15.1 Å².